The van der Waals surface area contributed by atoms with Gasteiger partial charge in [0.05, 0.1) is 23.4 Å². The molecular formula is C21H20BrN3O5. The Hall–Kier alpha value is -2.91. The lowest BCUT2D eigenvalue weighted by molar-refractivity contribution is -0.122. The van der Waals surface area contributed by atoms with Crippen molar-refractivity contribution in [2.24, 2.45) is 0 Å². The maximum Gasteiger partial charge on any atom is 0.335 e. The Morgan fingerprint density at radius 2 is 1.90 bits per heavy atom. The fourth-order valence-electron chi connectivity index (χ4n) is 3.48. The van der Waals surface area contributed by atoms with E-state index in [1.54, 1.807) is 18.2 Å². The van der Waals surface area contributed by atoms with E-state index in [2.05, 4.69) is 21.2 Å². The lowest BCUT2D eigenvalue weighted by Crippen LogP contribution is -2.54. The fraction of sp³-hybridized carbons (Fsp3) is 0.286. The smallest absolute Gasteiger partial charge is 0.335 e. The van der Waals surface area contributed by atoms with E-state index in [1.165, 1.54) is 6.08 Å². The number of urea groups is 1. The van der Waals surface area contributed by atoms with Gasteiger partial charge in [-0.3, -0.25) is 14.9 Å². The minimum atomic E-state index is -0.766. The summed E-state index contributed by atoms with van der Waals surface area (Å²) in [5.41, 5.74) is 1.11. The molecule has 0 unspecified atom stereocenters. The summed E-state index contributed by atoms with van der Waals surface area (Å²) in [6.45, 7) is 4.48. The number of amides is 4. The number of furan rings is 1. The van der Waals surface area contributed by atoms with Crippen molar-refractivity contribution >= 4 is 51.4 Å². The summed E-state index contributed by atoms with van der Waals surface area (Å²) >= 11 is 3.47. The fourth-order valence-corrected chi connectivity index (χ4v) is 4.03. The zero-order chi connectivity index (χ0) is 21.3. The van der Waals surface area contributed by atoms with Crippen LogP contribution in [0, 0.1) is 0 Å². The number of halogens is 1. The van der Waals surface area contributed by atoms with Crippen LogP contribution in [0.25, 0.3) is 6.08 Å². The van der Waals surface area contributed by atoms with Crippen molar-refractivity contribution in [3.63, 3.8) is 0 Å². The Morgan fingerprint density at radius 3 is 2.63 bits per heavy atom. The number of ether oxygens (including phenoxy) is 1. The van der Waals surface area contributed by atoms with Gasteiger partial charge in [-0.2, -0.15) is 0 Å². The highest BCUT2D eigenvalue weighted by atomic mass is 79.9. The van der Waals surface area contributed by atoms with E-state index in [9.17, 15) is 14.4 Å². The number of rotatable bonds is 4. The molecule has 8 nitrogen and oxygen atoms in total. The largest absolute Gasteiger partial charge is 0.440 e. The number of carbonyl (C=O) groups excluding carboxylic acids is 3. The van der Waals surface area contributed by atoms with Crippen LogP contribution in [0.3, 0.4) is 0 Å². The first-order chi connectivity index (χ1) is 14.5. The number of anilines is 2. The SMILES string of the molecule is CCc1ccccc1N1C(=O)NC(=O)/C(=C\c2cc(Br)c(N3CCOCC3)o2)C1=O. The van der Waals surface area contributed by atoms with Gasteiger partial charge in [-0.05, 0) is 40.1 Å². The predicted octanol–water partition coefficient (Wildman–Crippen LogP) is 3.11. The second kappa shape index (κ2) is 8.45. The molecule has 4 rings (SSSR count). The van der Waals surface area contributed by atoms with Crippen molar-refractivity contribution in [2.45, 2.75) is 13.3 Å². The summed E-state index contributed by atoms with van der Waals surface area (Å²) in [5, 5.41) is 2.24. The number of barbiturate groups is 1. The van der Waals surface area contributed by atoms with Crippen LogP contribution in [-0.4, -0.2) is 44.1 Å². The molecule has 9 heteroatoms. The summed E-state index contributed by atoms with van der Waals surface area (Å²) in [5.74, 6) is -0.501. The first-order valence-electron chi connectivity index (χ1n) is 9.61. The van der Waals surface area contributed by atoms with E-state index in [0.717, 1.165) is 10.5 Å². The van der Waals surface area contributed by atoms with Crippen molar-refractivity contribution in [1.82, 2.24) is 5.32 Å². The highest BCUT2D eigenvalue weighted by Gasteiger charge is 2.38. The van der Waals surface area contributed by atoms with E-state index in [1.807, 2.05) is 24.0 Å². The van der Waals surface area contributed by atoms with Crippen LogP contribution in [0.15, 0.2) is 44.8 Å². The zero-order valence-electron chi connectivity index (χ0n) is 16.3. The molecule has 4 amide bonds. The van der Waals surface area contributed by atoms with Crippen LogP contribution in [0.1, 0.15) is 18.2 Å². The monoisotopic (exact) mass is 473 g/mol. The molecule has 0 saturated carbocycles. The van der Waals surface area contributed by atoms with Gasteiger partial charge in [0.1, 0.15) is 11.3 Å². The van der Waals surface area contributed by atoms with Crippen LogP contribution in [0.2, 0.25) is 0 Å². The van der Waals surface area contributed by atoms with Crippen LogP contribution in [0.4, 0.5) is 16.4 Å². The highest BCUT2D eigenvalue weighted by molar-refractivity contribution is 9.10. The zero-order valence-corrected chi connectivity index (χ0v) is 17.9. The van der Waals surface area contributed by atoms with E-state index < -0.39 is 17.8 Å². The molecule has 1 aromatic heterocycles. The second-order valence-electron chi connectivity index (χ2n) is 6.84. The first kappa shape index (κ1) is 20.4. The third-order valence-electron chi connectivity index (χ3n) is 4.99. The predicted molar refractivity (Wildman–Crippen MR) is 114 cm³/mol. The minimum Gasteiger partial charge on any atom is -0.440 e. The van der Waals surface area contributed by atoms with Gasteiger partial charge >= 0.3 is 6.03 Å². The molecule has 0 radical (unpaired) electrons. The van der Waals surface area contributed by atoms with Crippen LogP contribution in [-0.2, 0) is 20.7 Å². The maximum absolute atomic E-state index is 13.1. The molecule has 0 aliphatic carbocycles. The third kappa shape index (κ3) is 3.78. The molecule has 156 valence electrons. The van der Waals surface area contributed by atoms with Gasteiger partial charge in [0, 0.05) is 19.2 Å². The Kier molecular flexibility index (Phi) is 5.74. The number of aryl methyl sites for hydroxylation is 1. The number of nitrogens with one attached hydrogen (secondary N) is 1. The summed E-state index contributed by atoms with van der Waals surface area (Å²) in [4.78, 5) is 41.0. The molecule has 2 aliphatic heterocycles. The van der Waals surface area contributed by atoms with Crippen molar-refractivity contribution in [1.29, 1.82) is 0 Å². The molecule has 0 spiro atoms. The van der Waals surface area contributed by atoms with E-state index in [-0.39, 0.29) is 5.57 Å². The maximum atomic E-state index is 13.1. The average molecular weight is 474 g/mol. The van der Waals surface area contributed by atoms with Gasteiger partial charge in [0.15, 0.2) is 0 Å². The van der Waals surface area contributed by atoms with Gasteiger partial charge in [-0.25, -0.2) is 9.69 Å². The van der Waals surface area contributed by atoms with Crippen molar-refractivity contribution in [3.8, 4) is 0 Å². The van der Waals surface area contributed by atoms with Gasteiger partial charge < -0.3 is 14.1 Å². The third-order valence-corrected chi connectivity index (χ3v) is 5.56. The van der Waals surface area contributed by atoms with E-state index in [0.29, 0.717) is 54.5 Å². The Labute approximate surface area is 181 Å². The lowest BCUT2D eigenvalue weighted by atomic mass is 10.1. The number of imide groups is 2. The summed E-state index contributed by atoms with van der Waals surface area (Å²) < 4.78 is 11.9. The van der Waals surface area contributed by atoms with Crippen molar-refractivity contribution < 1.29 is 23.5 Å². The summed E-state index contributed by atoms with van der Waals surface area (Å²) in [6.07, 6.45) is 1.99. The van der Waals surface area contributed by atoms with E-state index >= 15 is 0 Å². The Balaban J connectivity index is 1.68. The van der Waals surface area contributed by atoms with Crippen molar-refractivity contribution in [2.75, 3.05) is 36.1 Å². The molecule has 0 bridgehead atoms. The van der Waals surface area contributed by atoms with Crippen molar-refractivity contribution in [3.05, 3.63) is 51.7 Å². The van der Waals surface area contributed by atoms with Gasteiger partial charge in [0.2, 0.25) is 5.88 Å². The summed E-state index contributed by atoms with van der Waals surface area (Å²) in [6, 6.07) is 8.03. The number of morpholine rings is 1. The number of benzene rings is 1. The van der Waals surface area contributed by atoms with Crippen LogP contribution >= 0.6 is 15.9 Å². The average Bonchev–Trinajstić information content (AvgIpc) is 3.12. The number of nitrogens with zero attached hydrogens (tertiary/aromatic N) is 2. The molecule has 3 heterocycles. The highest BCUT2D eigenvalue weighted by Crippen LogP contribution is 2.33. The molecule has 2 fully saturated rings. The summed E-state index contributed by atoms with van der Waals surface area (Å²) in [7, 11) is 0. The number of hydrogen-bond acceptors (Lipinski definition) is 6. The first-order valence-corrected chi connectivity index (χ1v) is 10.4. The Bertz CT molecular complexity index is 1040. The molecule has 2 aromatic rings. The normalized spacial score (nSPS) is 18.9. The molecule has 0 atom stereocenters. The minimum absolute atomic E-state index is 0.171. The van der Waals surface area contributed by atoms with Gasteiger partial charge in [-0.1, -0.05) is 25.1 Å². The van der Waals surface area contributed by atoms with Crippen LogP contribution < -0.4 is 15.1 Å². The van der Waals surface area contributed by atoms with Crippen LogP contribution in [0.5, 0.6) is 0 Å². The number of para-hydroxylation sites is 1. The molecular weight excluding hydrogens is 454 g/mol. The standard InChI is InChI=1S/C21H20BrN3O5/c1-2-13-5-3-4-6-17(13)25-19(27)15(18(26)23-21(25)28)11-14-12-16(22)20(30-14)24-7-9-29-10-8-24/h3-6,11-12H,2,7-10H2,1H3,(H,23,26,28)/b15-11+. The van der Waals surface area contributed by atoms with Gasteiger partial charge in [-0.15, -0.1) is 0 Å². The quantitative estimate of drug-likeness (QED) is 0.541. The molecule has 2 saturated heterocycles. The molecule has 30 heavy (non-hydrogen) atoms. The Morgan fingerprint density at radius 1 is 1.17 bits per heavy atom. The molecule has 2 aliphatic rings. The number of carbonyl (C=O) groups is 3. The number of hydrogen-bond donors (Lipinski definition) is 1. The second-order valence-corrected chi connectivity index (χ2v) is 7.70. The van der Waals surface area contributed by atoms with E-state index in [4.69, 9.17) is 9.15 Å². The molecule has 1 N–H and O–H groups in total. The molecule has 1 aromatic carbocycles. The topological polar surface area (TPSA) is 92.1 Å². The van der Waals surface area contributed by atoms with Gasteiger partial charge in [0.25, 0.3) is 11.8 Å². The lowest BCUT2D eigenvalue weighted by Gasteiger charge is -2.27.